The Kier molecular flexibility index (Phi) is 6.17. The van der Waals surface area contributed by atoms with E-state index >= 15 is 0 Å². The highest BCUT2D eigenvalue weighted by Gasteiger charge is 2.23. The molecule has 2 aromatic rings. The van der Waals surface area contributed by atoms with Gasteiger partial charge in [-0.3, -0.25) is 9.69 Å². The molecule has 1 aliphatic heterocycles. The van der Waals surface area contributed by atoms with Crippen LogP contribution in [-0.4, -0.2) is 57.9 Å². The molecule has 1 fully saturated rings. The number of anilines is 1. The Bertz CT molecular complexity index is 696. The standard InChI is InChI=1S/C20H27N5O/c1-3-16(2)23-19-14-21-18(13-22-19)20(26)25-11-9-24(10-12-25)15-17-7-5-4-6-8-17/h4-8,13-14,16H,3,9-12,15H2,1-2H3,(H,22,23). The zero-order valence-corrected chi connectivity index (χ0v) is 15.6. The van der Waals surface area contributed by atoms with Crippen LogP contribution in [0.2, 0.25) is 0 Å². The first kappa shape index (κ1) is 18.3. The summed E-state index contributed by atoms with van der Waals surface area (Å²) >= 11 is 0. The van der Waals surface area contributed by atoms with Gasteiger partial charge in [-0.2, -0.15) is 0 Å². The van der Waals surface area contributed by atoms with E-state index in [0.717, 1.165) is 39.1 Å². The van der Waals surface area contributed by atoms with E-state index in [2.05, 4.69) is 58.3 Å². The van der Waals surface area contributed by atoms with Crippen LogP contribution < -0.4 is 5.32 Å². The number of nitrogens with zero attached hydrogens (tertiary/aromatic N) is 4. The van der Waals surface area contributed by atoms with E-state index in [0.29, 0.717) is 17.6 Å². The molecule has 0 aliphatic carbocycles. The molecule has 3 rings (SSSR count). The quantitative estimate of drug-likeness (QED) is 0.865. The van der Waals surface area contributed by atoms with Crippen LogP contribution in [0.1, 0.15) is 36.3 Å². The molecule has 1 aromatic heterocycles. The van der Waals surface area contributed by atoms with Crippen LogP contribution in [0.25, 0.3) is 0 Å². The van der Waals surface area contributed by atoms with Crippen LogP contribution in [-0.2, 0) is 6.54 Å². The number of hydrogen-bond acceptors (Lipinski definition) is 5. The van der Waals surface area contributed by atoms with Crippen molar-refractivity contribution < 1.29 is 4.79 Å². The second-order valence-electron chi connectivity index (χ2n) is 6.79. The second kappa shape index (κ2) is 8.76. The van der Waals surface area contributed by atoms with Crippen molar-refractivity contribution in [1.29, 1.82) is 0 Å². The van der Waals surface area contributed by atoms with Crippen LogP contribution >= 0.6 is 0 Å². The molecule has 6 heteroatoms. The molecule has 1 N–H and O–H groups in total. The summed E-state index contributed by atoms with van der Waals surface area (Å²) in [7, 11) is 0. The van der Waals surface area contributed by atoms with Crippen molar-refractivity contribution in [3.63, 3.8) is 0 Å². The summed E-state index contributed by atoms with van der Waals surface area (Å²) < 4.78 is 0. The van der Waals surface area contributed by atoms with Crippen molar-refractivity contribution in [2.45, 2.75) is 32.9 Å². The molecule has 1 aliphatic rings. The smallest absolute Gasteiger partial charge is 0.274 e. The topological polar surface area (TPSA) is 61.4 Å². The summed E-state index contributed by atoms with van der Waals surface area (Å²) in [5.41, 5.74) is 1.72. The average molecular weight is 353 g/mol. The molecule has 26 heavy (non-hydrogen) atoms. The maximum Gasteiger partial charge on any atom is 0.274 e. The molecule has 138 valence electrons. The summed E-state index contributed by atoms with van der Waals surface area (Å²) in [6.07, 6.45) is 4.23. The molecule has 0 saturated carbocycles. The SMILES string of the molecule is CCC(C)Nc1cnc(C(=O)N2CCN(Cc3ccccc3)CC2)cn1. The number of carbonyl (C=O) groups excluding carboxylic acids is 1. The first-order valence-corrected chi connectivity index (χ1v) is 9.30. The first-order chi connectivity index (χ1) is 12.7. The summed E-state index contributed by atoms with van der Waals surface area (Å²) in [6.45, 7) is 8.33. The third kappa shape index (κ3) is 4.79. The number of rotatable bonds is 6. The van der Waals surface area contributed by atoms with Gasteiger partial charge in [-0.15, -0.1) is 0 Å². The van der Waals surface area contributed by atoms with E-state index in [1.165, 1.54) is 5.56 Å². The number of piperazine rings is 1. The van der Waals surface area contributed by atoms with Gasteiger partial charge in [0.25, 0.3) is 5.91 Å². The number of aromatic nitrogens is 2. The maximum atomic E-state index is 12.6. The lowest BCUT2D eigenvalue weighted by Gasteiger charge is -2.34. The van der Waals surface area contributed by atoms with Crippen LogP contribution in [0.4, 0.5) is 5.82 Å². The molecule has 1 aromatic carbocycles. The van der Waals surface area contributed by atoms with Crippen LogP contribution in [0.3, 0.4) is 0 Å². The van der Waals surface area contributed by atoms with Crippen molar-refractivity contribution in [2.24, 2.45) is 0 Å². The van der Waals surface area contributed by atoms with E-state index in [-0.39, 0.29) is 5.91 Å². The second-order valence-corrected chi connectivity index (χ2v) is 6.79. The molecule has 1 saturated heterocycles. The number of amides is 1. The lowest BCUT2D eigenvalue weighted by Crippen LogP contribution is -2.48. The van der Waals surface area contributed by atoms with Gasteiger partial charge in [-0.05, 0) is 18.9 Å². The summed E-state index contributed by atoms with van der Waals surface area (Å²) in [4.78, 5) is 25.5. The zero-order valence-electron chi connectivity index (χ0n) is 15.6. The molecule has 2 heterocycles. The van der Waals surface area contributed by atoms with Gasteiger partial charge in [0.2, 0.25) is 0 Å². The Balaban J connectivity index is 1.51. The zero-order chi connectivity index (χ0) is 18.4. The van der Waals surface area contributed by atoms with Crippen molar-refractivity contribution in [3.8, 4) is 0 Å². The largest absolute Gasteiger partial charge is 0.366 e. The Morgan fingerprint density at radius 1 is 1.12 bits per heavy atom. The van der Waals surface area contributed by atoms with Gasteiger partial charge >= 0.3 is 0 Å². The summed E-state index contributed by atoms with van der Waals surface area (Å²) in [5, 5.41) is 3.26. The van der Waals surface area contributed by atoms with Crippen molar-refractivity contribution in [1.82, 2.24) is 19.8 Å². The number of carbonyl (C=O) groups is 1. The lowest BCUT2D eigenvalue weighted by atomic mass is 10.2. The van der Waals surface area contributed by atoms with Crippen LogP contribution in [0.15, 0.2) is 42.7 Å². The predicted octanol–water partition coefficient (Wildman–Crippen LogP) is 2.65. The third-order valence-corrected chi connectivity index (χ3v) is 4.79. The van der Waals surface area contributed by atoms with E-state index in [9.17, 15) is 4.79 Å². The van der Waals surface area contributed by atoms with Gasteiger partial charge in [0.15, 0.2) is 0 Å². The fourth-order valence-corrected chi connectivity index (χ4v) is 2.98. The molecule has 0 bridgehead atoms. The van der Waals surface area contributed by atoms with Gasteiger partial charge in [0.1, 0.15) is 11.5 Å². The number of hydrogen-bond donors (Lipinski definition) is 1. The van der Waals surface area contributed by atoms with E-state index in [1.54, 1.807) is 12.4 Å². The van der Waals surface area contributed by atoms with Gasteiger partial charge in [-0.1, -0.05) is 37.3 Å². The Hall–Kier alpha value is -2.47. The minimum atomic E-state index is -0.0352. The summed E-state index contributed by atoms with van der Waals surface area (Å²) in [6, 6.07) is 10.8. The minimum absolute atomic E-state index is 0.0352. The monoisotopic (exact) mass is 353 g/mol. The Morgan fingerprint density at radius 3 is 2.46 bits per heavy atom. The number of benzene rings is 1. The van der Waals surface area contributed by atoms with E-state index < -0.39 is 0 Å². The number of nitrogens with one attached hydrogen (secondary N) is 1. The van der Waals surface area contributed by atoms with E-state index in [4.69, 9.17) is 0 Å². The third-order valence-electron chi connectivity index (χ3n) is 4.79. The molecular formula is C20H27N5O. The lowest BCUT2D eigenvalue weighted by molar-refractivity contribution is 0.0622. The highest BCUT2D eigenvalue weighted by molar-refractivity contribution is 5.92. The molecular weight excluding hydrogens is 326 g/mol. The van der Waals surface area contributed by atoms with Gasteiger partial charge in [0.05, 0.1) is 12.4 Å². The molecule has 1 atom stereocenters. The molecule has 1 unspecified atom stereocenters. The Labute approximate surface area is 155 Å². The van der Waals surface area contributed by atoms with Crippen LogP contribution in [0.5, 0.6) is 0 Å². The van der Waals surface area contributed by atoms with Crippen molar-refractivity contribution >= 4 is 11.7 Å². The molecule has 1 amide bonds. The normalized spacial score (nSPS) is 16.3. The van der Waals surface area contributed by atoms with E-state index in [1.807, 2.05) is 11.0 Å². The van der Waals surface area contributed by atoms with Crippen LogP contribution in [0, 0.1) is 0 Å². The molecule has 6 nitrogen and oxygen atoms in total. The average Bonchev–Trinajstić information content (AvgIpc) is 2.69. The van der Waals surface area contributed by atoms with Crippen molar-refractivity contribution in [3.05, 3.63) is 54.0 Å². The molecule has 0 radical (unpaired) electrons. The Morgan fingerprint density at radius 2 is 1.85 bits per heavy atom. The van der Waals surface area contributed by atoms with Gasteiger partial charge < -0.3 is 10.2 Å². The molecule has 0 spiro atoms. The minimum Gasteiger partial charge on any atom is -0.366 e. The van der Waals surface area contributed by atoms with Crippen molar-refractivity contribution in [2.75, 3.05) is 31.5 Å². The predicted molar refractivity (Wildman–Crippen MR) is 103 cm³/mol. The van der Waals surface area contributed by atoms with Gasteiger partial charge in [-0.25, -0.2) is 9.97 Å². The highest BCUT2D eigenvalue weighted by atomic mass is 16.2. The summed E-state index contributed by atoms with van der Waals surface area (Å²) in [5.74, 6) is 0.676. The first-order valence-electron chi connectivity index (χ1n) is 9.30. The highest BCUT2D eigenvalue weighted by Crippen LogP contribution is 2.11. The maximum absolute atomic E-state index is 12.6. The fraction of sp³-hybridized carbons (Fsp3) is 0.450. The fourth-order valence-electron chi connectivity index (χ4n) is 2.98. The van der Waals surface area contributed by atoms with Gasteiger partial charge in [0, 0.05) is 38.8 Å².